The predicted molar refractivity (Wildman–Crippen MR) is 62.5 cm³/mol. The van der Waals surface area contributed by atoms with Gasteiger partial charge in [-0.1, -0.05) is 20.8 Å². The molecule has 2 N–H and O–H groups in total. The number of hydrogen-bond acceptors (Lipinski definition) is 2. The minimum absolute atomic E-state index is 0.230. The summed E-state index contributed by atoms with van der Waals surface area (Å²) in [5.41, 5.74) is 0.836. The van der Waals surface area contributed by atoms with Crippen LogP contribution in [0.15, 0.2) is 0 Å². The monoisotopic (exact) mass is 198 g/mol. The summed E-state index contributed by atoms with van der Waals surface area (Å²) in [7, 11) is 0. The second-order valence-corrected chi connectivity index (χ2v) is 5.93. The van der Waals surface area contributed by atoms with Gasteiger partial charge in [0.15, 0.2) is 0 Å². The molecule has 0 aliphatic heterocycles. The maximum absolute atomic E-state index is 3.57. The third kappa shape index (κ3) is 3.58. The summed E-state index contributed by atoms with van der Waals surface area (Å²) in [6, 6.07) is 0. The van der Waals surface area contributed by atoms with E-state index in [1.807, 2.05) is 0 Å². The number of nitrogens with one attached hydrogen (secondary N) is 2. The number of rotatable bonds is 6. The fraction of sp³-hybridized carbons (Fsp3) is 1.00. The van der Waals surface area contributed by atoms with Gasteiger partial charge in [-0.05, 0) is 44.7 Å². The zero-order valence-corrected chi connectivity index (χ0v) is 10.4. The van der Waals surface area contributed by atoms with Gasteiger partial charge in [-0.15, -0.1) is 0 Å². The average Bonchev–Trinajstić information content (AvgIpc) is 2.58. The summed E-state index contributed by atoms with van der Waals surface area (Å²) < 4.78 is 0. The first-order chi connectivity index (χ1) is 6.37. The van der Waals surface area contributed by atoms with E-state index in [1.165, 1.54) is 13.0 Å². The van der Waals surface area contributed by atoms with Gasteiger partial charge in [0, 0.05) is 12.1 Å². The van der Waals surface area contributed by atoms with Crippen LogP contribution in [-0.2, 0) is 0 Å². The van der Waals surface area contributed by atoms with E-state index in [-0.39, 0.29) is 5.54 Å². The normalized spacial score (nSPS) is 25.1. The van der Waals surface area contributed by atoms with Crippen molar-refractivity contribution < 1.29 is 0 Å². The highest BCUT2D eigenvalue weighted by atomic mass is 15.0. The Kier molecular flexibility index (Phi) is 3.59. The van der Waals surface area contributed by atoms with Gasteiger partial charge in [-0.3, -0.25) is 0 Å². The average molecular weight is 198 g/mol. The molecule has 1 atom stereocenters. The van der Waals surface area contributed by atoms with Crippen LogP contribution >= 0.6 is 0 Å². The van der Waals surface area contributed by atoms with Crippen molar-refractivity contribution in [3.8, 4) is 0 Å². The van der Waals surface area contributed by atoms with E-state index in [1.54, 1.807) is 0 Å². The topological polar surface area (TPSA) is 24.1 Å². The van der Waals surface area contributed by atoms with Gasteiger partial charge in [-0.2, -0.15) is 0 Å². The Morgan fingerprint density at radius 2 is 1.93 bits per heavy atom. The first-order valence-corrected chi connectivity index (χ1v) is 5.83. The van der Waals surface area contributed by atoms with Crippen LogP contribution in [0.3, 0.4) is 0 Å². The first kappa shape index (κ1) is 12.0. The van der Waals surface area contributed by atoms with E-state index < -0.39 is 0 Å². The van der Waals surface area contributed by atoms with Gasteiger partial charge >= 0.3 is 0 Å². The lowest BCUT2D eigenvalue weighted by Crippen LogP contribution is -2.47. The van der Waals surface area contributed by atoms with Gasteiger partial charge in [0.2, 0.25) is 0 Å². The minimum atomic E-state index is 0.230. The van der Waals surface area contributed by atoms with Crippen molar-refractivity contribution in [1.82, 2.24) is 10.6 Å². The standard InChI is InChI=1S/C12H26N2/c1-6-14-12(4,5)9-13-8-10-7-11(10,2)3/h10,13-14H,6-9H2,1-5H3. The van der Waals surface area contributed by atoms with Crippen molar-refractivity contribution >= 4 is 0 Å². The smallest absolute Gasteiger partial charge is 0.0249 e. The van der Waals surface area contributed by atoms with E-state index in [9.17, 15) is 0 Å². The zero-order valence-electron chi connectivity index (χ0n) is 10.4. The molecule has 1 aliphatic rings. The van der Waals surface area contributed by atoms with E-state index >= 15 is 0 Å². The molecule has 0 bridgehead atoms. The SMILES string of the molecule is CCNC(C)(C)CNCC1CC1(C)C. The summed E-state index contributed by atoms with van der Waals surface area (Å²) >= 11 is 0. The number of hydrogen-bond donors (Lipinski definition) is 2. The lowest BCUT2D eigenvalue weighted by molar-refractivity contribution is 0.366. The molecule has 84 valence electrons. The van der Waals surface area contributed by atoms with Crippen LogP contribution < -0.4 is 10.6 Å². The summed E-state index contributed by atoms with van der Waals surface area (Å²) in [6.45, 7) is 14.7. The quantitative estimate of drug-likeness (QED) is 0.682. The summed E-state index contributed by atoms with van der Waals surface area (Å²) in [6.07, 6.45) is 1.39. The molecular formula is C12H26N2. The molecule has 0 aromatic carbocycles. The fourth-order valence-corrected chi connectivity index (χ4v) is 2.02. The highest BCUT2D eigenvalue weighted by Crippen LogP contribution is 2.50. The molecule has 2 heteroatoms. The molecule has 1 saturated carbocycles. The van der Waals surface area contributed by atoms with Crippen LogP contribution in [0.4, 0.5) is 0 Å². The molecule has 0 saturated heterocycles. The maximum Gasteiger partial charge on any atom is 0.0249 e. The Hall–Kier alpha value is -0.0800. The van der Waals surface area contributed by atoms with Gasteiger partial charge in [-0.25, -0.2) is 0 Å². The van der Waals surface area contributed by atoms with Crippen molar-refractivity contribution in [1.29, 1.82) is 0 Å². The van der Waals surface area contributed by atoms with Crippen molar-refractivity contribution in [2.75, 3.05) is 19.6 Å². The first-order valence-electron chi connectivity index (χ1n) is 5.83. The predicted octanol–water partition coefficient (Wildman–Crippen LogP) is 2.01. The van der Waals surface area contributed by atoms with E-state index in [4.69, 9.17) is 0 Å². The molecule has 0 aromatic heterocycles. The van der Waals surface area contributed by atoms with Gasteiger partial charge in [0.05, 0.1) is 0 Å². The maximum atomic E-state index is 3.57. The molecule has 0 heterocycles. The molecule has 0 amide bonds. The van der Waals surface area contributed by atoms with Crippen LogP contribution in [0.1, 0.15) is 41.0 Å². The molecule has 0 aromatic rings. The van der Waals surface area contributed by atoms with E-state index in [2.05, 4.69) is 45.3 Å². The van der Waals surface area contributed by atoms with Crippen molar-refractivity contribution in [2.24, 2.45) is 11.3 Å². The van der Waals surface area contributed by atoms with Crippen molar-refractivity contribution in [3.05, 3.63) is 0 Å². The second-order valence-electron chi connectivity index (χ2n) is 5.93. The van der Waals surface area contributed by atoms with Crippen molar-refractivity contribution in [3.63, 3.8) is 0 Å². The van der Waals surface area contributed by atoms with Gasteiger partial charge in [0.1, 0.15) is 0 Å². The molecule has 0 radical (unpaired) electrons. The van der Waals surface area contributed by atoms with Gasteiger partial charge in [0.25, 0.3) is 0 Å². The van der Waals surface area contributed by atoms with Gasteiger partial charge < -0.3 is 10.6 Å². The van der Waals surface area contributed by atoms with Crippen LogP contribution in [0.2, 0.25) is 0 Å². The minimum Gasteiger partial charge on any atom is -0.315 e. The Bertz CT molecular complexity index is 185. The molecule has 1 aliphatic carbocycles. The highest BCUT2D eigenvalue weighted by molar-refractivity contribution is 4.96. The van der Waals surface area contributed by atoms with E-state index in [0.717, 1.165) is 19.0 Å². The van der Waals surface area contributed by atoms with Crippen molar-refractivity contribution in [2.45, 2.75) is 46.6 Å². The molecule has 1 unspecified atom stereocenters. The Morgan fingerprint density at radius 3 is 2.36 bits per heavy atom. The second kappa shape index (κ2) is 4.19. The summed E-state index contributed by atoms with van der Waals surface area (Å²) in [5.74, 6) is 0.903. The van der Waals surface area contributed by atoms with Crippen LogP contribution in [0.25, 0.3) is 0 Å². The lowest BCUT2D eigenvalue weighted by Gasteiger charge is -2.26. The van der Waals surface area contributed by atoms with Crippen LogP contribution in [0, 0.1) is 11.3 Å². The Labute approximate surface area is 88.8 Å². The molecule has 14 heavy (non-hydrogen) atoms. The lowest BCUT2D eigenvalue weighted by atomic mass is 10.1. The molecule has 2 nitrogen and oxygen atoms in total. The zero-order chi connectivity index (χ0) is 10.8. The van der Waals surface area contributed by atoms with E-state index in [0.29, 0.717) is 5.41 Å². The third-order valence-electron chi connectivity index (χ3n) is 3.33. The molecule has 0 spiro atoms. The molecular weight excluding hydrogens is 172 g/mol. The Balaban J connectivity index is 2.09. The molecule has 1 rings (SSSR count). The number of likely N-dealkylation sites (N-methyl/N-ethyl adjacent to an activating group) is 1. The fourth-order valence-electron chi connectivity index (χ4n) is 2.02. The van der Waals surface area contributed by atoms with Crippen LogP contribution in [0.5, 0.6) is 0 Å². The highest BCUT2D eigenvalue weighted by Gasteiger charge is 2.44. The summed E-state index contributed by atoms with van der Waals surface area (Å²) in [4.78, 5) is 0. The third-order valence-corrected chi connectivity index (χ3v) is 3.33. The van der Waals surface area contributed by atoms with Crippen LogP contribution in [-0.4, -0.2) is 25.2 Å². The largest absolute Gasteiger partial charge is 0.315 e. The Morgan fingerprint density at radius 1 is 1.36 bits per heavy atom. The summed E-state index contributed by atoms with van der Waals surface area (Å²) in [5, 5.41) is 7.04. The molecule has 1 fully saturated rings.